The van der Waals surface area contributed by atoms with Gasteiger partial charge in [0.15, 0.2) is 11.6 Å². The lowest BCUT2D eigenvalue weighted by Gasteiger charge is -2.10. The lowest BCUT2D eigenvalue weighted by molar-refractivity contribution is 0.199. The number of hydrogen-bond donors (Lipinski definition) is 1. The van der Waals surface area contributed by atoms with E-state index in [1.54, 1.807) is 25.1 Å². The Morgan fingerprint density at radius 1 is 1.11 bits per heavy atom. The van der Waals surface area contributed by atoms with Crippen molar-refractivity contribution in [1.82, 2.24) is 0 Å². The molecular formula is C14H11ClF2O2. The molecule has 0 aromatic heterocycles. The van der Waals surface area contributed by atoms with Crippen molar-refractivity contribution in [2.75, 3.05) is 0 Å². The molecule has 0 aliphatic rings. The maximum Gasteiger partial charge on any atom is 0.162 e. The van der Waals surface area contributed by atoms with Crippen molar-refractivity contribution in [3.8, 4) is 11.5 Å². The van der Waals surface area contributed by atoms with Crippen molar-refractivity contribution in [2.45, 2.75) is 13.0 Å². The SMILES string of the molecule is C[C@H](O)c1ccc(Oc2ccc(F)c(F)c2)c(Cl)c1. The van der Waals surface area contributed by atoms with Crippen LogP contribution in [0.1, 0.15) is 18.6 Å². The Labute approximate surface area is 114 Å². The van der Waals surface area contributed by atoms with E-state index in [0.717, 1.165) is 12.1 Å². The van der Waals surface area contributed by atoms with Crippen molar-refractivity contribution in [2.24, 2.45) is 0 Å². The van der Waals surface area contributed by atoms with E-state index in [9.17, 15) is 13.9 Å². The van der Waals surface area contributed by atoms with Crippen LogP contribution in [0.25, 0.3) is 0 Å². The lowest BCUT2D eigenvalue weighted by atomic mass is 10.1. The van der Waals surface area contributed by atoms with Crippen LogP contribution in [-0.2, 0) is 0 Å². The number of aliphatic hydroxyl groups excluding tert-OH is 1. The summed E-state index contributed by atoms with van der Waals surface area (Å²) in [6.07, 6.45) is -0.644. The summed E-state index contributed by atoms with van der Waals surface area (Å²) in [6, 6.07) is 7.98. The third kappa shape index (κ3) is 3.22. The molecule has 0 aliphatic carbocycles. The van der Waals surface area contributed by atoms with Crippen molar-refractivity contribution < 1.29 is 18.6 Å². The molecule has 0 saturated carbocycles. The predicted molar refractivity (Wildman–Crippen MR) is 68.5 cm³/mol. The third-order valence-electron chi connectivity index (χ3n) is 2.56. The first kappa shape index (κ1) is 13.8. The molecule has 0 heterocycles. The lowest BCUT2D eigenvalue weighted by Crippen LogP contribution is -1.93. The van der Waals surface area contributed by atoms with Crippen molar-refractivity contribution in [3.63, 3.8) is 0 Å². The summed E-state index contributed by atoms with van der Waals surface area (Å²) in [5.74, 6) is -1.49. The topological polar surface area (TPSA) is 29.5 Å². The van der Waals surface area contributed by atoms with Crippen LogP contribution in [0.5, 0.6) is 11.5 Å². The highest BCUT2D eigenvalue weighted by Crippen LogP contribution is 2.32. The number of rotatable bonds is 3. The van der Waals surface area contributed by atoms with E-state index < -0.39 is 17.7 Å². The molecule has 0 aliphatic heterocycles. The highest BCUT2D eigenvalue weighted by molar-refractivity contribution is 6.32. The van der Waals surface area contributed by atoms with E-state index in [1.807, 2.05) is 0 Å². The third-order valence-corrected chi connectivity index (χ3v) is 2.85. The van der Waals surface area contributed by atoms with Crippen molar-refractivity contribution in [3.05, 3.63) is 58.6 Å². The second kappa shape index (κ2) is 5.55. The van der Waals surface area contributed by atoms with Crippen LogP contribution in [0, 0.1) is 11.6 Å². The zero-order chi connectivity index (χ0) is 14.0. The van der Waals surface area contributed by atoms with E-state index in [4.69, 9.17) is 16.3 Å². The summed E-state index contributed by atoms with van der Waals surface area (Å²) in [5, 5.41) is 9.69. The standard InChI is InChI=1S/C14H11ClF2O2/c1-8(18)9-2-5-14(11(15)6-9)19-10-3-4-12(16)13(17)7-10/h2-8,18H,1H3/t8-/m0/s1. The van der Waals surface area contributed by atoms with E-state index in [2.05, 4.69) is 0 Å². The van der Waals surface area contributed by atoms with Gasteiger partial charge >= 0.3 is 0 Å². The van der Waals surface area contributed by atoms with Gasteiger partial charge in [0.1, 0.15) is 11.5 Å². The van der Waals surface area contributed by atoms with Gasteiger partial charge < -0.3 is 9.84 Å². The van der Waals surface area contributed by atoms with Gasteiger partial charge in [-0.05, 0) is 36.8 Å². The fraction of sp³-hybridized carbons (Fsp3) is 0.143. The number of aliphatic hydroxyl groups is 1. The predicted octanol–water partition coefficient (Wildman–Crippen LogP) is 4.46. The van der Waals surface area contributed by atoms with Gasteiger partial charge in [-0.2, -0.15) is 0 Å². The average molecular weight is 285 g/mol. The normalized spacial score (nSPS) is 12.3. The Morgan fingerprint density at radius 2 is 1.84 bits per heavy atom. The number of hydrogen-bond acceptors (Lipinski definition) is 2. The smallest absolute Gasteiger partial charge is 0.162 e. The molecule has 0 radical (unpaired) electrons. The second-order valence-corrected chi connectivity index (χ2v) is 4.45. The molecule has 0 spiro atoms. The van der Waals surface area contributed by atoms with E-state index in [-0.39, 0.29) is 10.8 Å². The van der Waals surface area contributed by atoms with Gasteiger partial charge in [0.2, 0.25) is 0 Å². The zero-order valence-electron chi connectivity index (χ0n) is 10.0. The number of benzene rings is 2. The molecule has 2 nitrogen and oxygen atoms in total. The molecule has 19 heavy (non-hydrogen) atoms. The van der Waals surface area contributed by atoms with Crippen LogP contribution >= 0.6 is 11.6 Å². The van der Waals surface area contributed by atoms with Crippen LogP contribution in [0.15, 0.2) is 36.4 Å². The van der Waals surface area contributed by atoms with Gasteiger partial charge in [-0.1, -0.05) is 17.7 Å². The molecule has 5 heteroatoms. The molecule has 0 fully saturated rings. The van der Waals surface area contributed by atoms with Gasteiger partial charge in [0.05, 0.1) is 11.1 Å². The summed E-state index contributed by atoms with van der Waals surface area (Å²) in [4.78, 5) is 0. The van der Waals surface area contributed by atoms with Crippen LogP contribution in [0.2, 0.25) is 5.02 Å². The Morgan fingerprint density at radius 3 is 2.42 bits per heavy atom. The molecule has 1 N–H and O–H groups in total. The van der Waals surface area contributed by atoms with Crippen molar-refractivity contribution in [1.29, 1.82) is 0 Å². The Bertz CT molecular complexity index is 600. The molecule has 1 atom stereocenters. The highest BCUT2D eigenvalue weighted by Gasteiger charge is 2.09. The van der Waals surface area contributed by atoms with Gasteiger partial charge in [0, 0.05) is 6.07 Å². The summed E-state index contributed by atoms with van der Waals surface area (Å²) in [5.41, 5.74) is 0.641. The van der Waals surface area contributed by atoms with Crippen molar-refractivity contribution >= 4 is 11.6 Å². The first-order valence-corrected chi connectivity index (χ1v) is 5.95. The minimum Gasteiger partial charge on any atom is -0.456 e. The molecule has 0 bridgehead atoms. The highest BCUT2D eigenvalue weighted by atomic mass is 35.5. The Kier molecular flexibility index (Phi) is 4.02. The van der Waals surface area contributed by atoms with E-state index in [0.29, 0.717) is 11.3 Å². The first-order valence-electron chi connectivity index (χ1n) is 5.58. The molecular weight excluding hydrogens is 274 g/mol. The summed E-state index contributed by atoms with van der Waals surface area (Å²) >= 11 is 5.99. The van der Waals surface area contributed by atoms with Crippen LogP contribution in [-0.4, -0.2) is 5.11 Å². The second-order valence-electron chi connectivity index (χ2n) is 4.04. The minimum absolute atomic E-state index is 0.144. The Balaban J connectivity index is 2.25. The minimum atomic E-state index is -0.991. The summed E-state index contributed by atoms with van der Waals surface area (Å²) in [7, 11) is 0. The largest absolute Gasteiger partial charge is 0.456 e. The first-order chi connectivity index (χ1) is 8.97. The van der Waals surface area contributed by atoms with Crippen LogP contribution in [0.3, 0.4) is 0 Å². The van der Waals surface area contributed by atoms with Gasteiger partial charge in [0.25, 0.3) is 0 Å². The van der Waals surface area contributed by atoms with Crippen LogP contribution < -0.4 is 4.74 Å². The molecule has 2 rings (SSSR count). The van der Waals surface area contributed by atoms with E-state index in [1.165, 1.54) is 6.07 Å². The zero-order valence-corrected chi connectivity index (χ0v) is 10.8. The Hall–Kier alpha value is -1.65. The average Bonchev–Trinajstić information content (AvgIpc) is 2.36. The van der Waals surface area contributed by atoms with E-state index >= 15 is 0 Å². The molecule has 100 valence electrons. The fourth-order valence-electron chi connectivity index (χ4n) is 1.53. The van der Waals surface area contributed by atoms with Gasteiger partial charge in [-0.15, -0.1) is 0 Å². The summed E-state index contributed by atoms with van der Waals surface area (Å²) in [6.45, 7) is 1.61. The number of ether oxygens (including phenoxy) is 1. The number of halogens is 3. The van der Waals surface area contributed by atoms with Gasteiger partial charge in [-0.25, -0.2) is 8.78 Å². The maximum absolute atomic E-state index is 13.0. The quantitative estimate of drug-likeness (QED) is 0.901. The molecule has 0 saturated heterocycles. The van der Waals surface area contributed by atoms with Crippen LogP contribution in [0.4, 0.5) is 8.78 Å². The monoisotopic (exact) mass is 284 g/mol. The molecule has 2 aromatic rings. The molecule has 0 unspecified atom stereocenters. The molecule has 2 aromatic carbocycles. The fourth-order valence-corrected chi connectivity index (χ4v) is 1.75. The maximum atomic E-state index is 13.0. The summed E-state index contributed by atoms with van der Waals surface area (Å²) < 4.78 is 31.2. The molecule has 0 amide bonds. The van der Waals surface area contributed by atoms with Gasteiger partial charge in [-0.3, -0.25) is 0 Å².